The molecule has 0 bridgehead atoms. The molecule has 120 valence electrons. The average Bonchev–Trinajstić information content (AvgIpc) is 3.17. The Morgan fingerprint density at radius 3 is 2.75 bits per heavy atom. The van der Waals surface area contributed by atoms with E-state index in [9.17, 15) is 4.79 Å². The van der Waals surface area contributed by atoms with Crippen LogP contribution in [-0.2, 0) is 7.05 Å². The fraction of sp³-hybridized carbons (Fsp3) is 0.125. The number of benzene rings is 1. The zero-order chi connectivity index (χ0) is 16.8. The van der Waals surface area contributed by atoms with Crippen LogP contribution in [0.5, 0.6) is 0 Å². The highest BCUT2D eigenvalue weighted by molar-refractivity contribution is 7.22. The maximum Gasteiger partial charge on any atom is 0.268 e. The molecule has 0 aliphatic rings. The van der Waals surface area contributed by atoms with E-state index in [1.54, 1.807) is 19.2 Å². The van der Waals surface area contributed by atoms with E-state index in [2.05, 4.69) is 15.1 Å². The van der Waals surface area contributed by atoms with Crippen LogP contribution in [0, 0.1) is 6.92 Å². The van der Waals surface area contributed by atoms with Crippen LogP contribution in [0.4, 0.5) is 0 Å². The molecule has 4 rings (SSSR count). The Balaban J connectivity index is 1.84. The lowest BCUT2D eigenvalue weighted by Crippen LogP contribution is -2.16. The number of halogens is 1. The Labute approximate surface area is 145 Å². The van der Waals surface area contributed by atoms with Crippen LogP contribution in [0.25, 0.3) is 32.4 Å². The summed E-state index contributed by atoms with van der Waals surface area (Å²) in [6.45, 7) is 1.86. The molecule has 0 spiro atoms. The summed E-state index contributed by atoms with van der Waals surface area (Å²) in [6.07, 6.45) is 1.51. The Morgan fingerprint density at radius 1 is 1.25 bits per heavy atom. The zero-order valence-corrected chi connectivity index (χ0v) is 14.4. The van der Waals surface area contributed by atoms with Crippen LogP contribution in [-0.4, -0.2) is 19.7 Å². The lowest BCUT2D eigenvalue weighted by atomic mass is 10.2. The van der Waals surface area contributed by atoms with Crippen molar-refractivity contribution in [3.8, 4) is 22.2 Å². The van der Waals surface area contributed by atoms with Crippen LogP contribution >= 0.6 is 22.9 Å². The van der Waals surface area contributed by atoms with Gasteiger partial charge in [-0.15, -0.1) is 11.3 Å². The number of aryl methyl sites for hydroxylation is 2. The van der Waals surface area contributed by atoms with Gasteiger partial charge in [-0.3, -0.25) is 4.79 Å². The topological polar surface area (TPSA) is 73.8 Å². The molecule has 4 aromatic rings. The van der Waals surface area contributed by atoms with Crippen LogP contribution in [0.2, 0.25) is 5.02 Å². The Morgan fingerprint density at radius 2 is 2.00 bits per heavy atom. The minimum Gasteiger partial charge on any atom is -0.333 e. The monoisotopic (exact) mass is 358 g/mol. The molecule has 0 unspecified atom stereocenters. The van der Waals surface area contributed by atoms with Gasteiger partial charge >= 0.3 is 0 Å². The van der Waals surface area contributed by atoms with Gasteiger partial charge in [0.05, 0.1) is 16.6 Å². The first-order valence-corrected chi connectivity index (χ1v) is 8.29. The van der Waals surface area contributed by atoms with Crippen molar-refractivity contribution in [1.29, 1.82) is 0 Å². The Bertz CT molecular complexity index is 1110. The first kappa shape index (κ1) is 15.0. The van der Waals surface area contributed by atoms with E-state index in [0.29, 0.717) is 27.0 Å². The van der Waals surface area contributed by atoms with Crippen LogP contribution < -0.4 is 5.56 Å². The quantitative estimate of drug-likeness (QED) is 0.546. The molecule has 0 N–H and O–H groups in total. The highest BCUT2D eigenvalue weighted by atomic mass is 35.5. The third-order valence-electron chi connectivity index (χ3n) is 3.73. The number of hydrogen-bond acceptors (Lipinski definition) is 6. The van der Waals surface area contributed by atoms with Crippen molar-refractivity contribution in [2.24, 2.45) is 7.05 Å². The van der Waals surface area contributed by atoms with Crippen molar-refractivity contribution >= 4 is 33.2 Å². The molecule has 0 atom stereocenters. The van der Waals surface area contributed by atoms with Gasteiger partial charge in [-0.2, -0.15) is 4.98 Å². The van der Waals surface area contributed by atoms with Gasteiger partial charge in [0.15, 0.2) is 0 Å². The van der Waals surface area contributed by atoms with Gasteiger partial charge in [0.2, 0.25) is 5.82 Å². The van der Waals surface area contributed by atoms with Crippen molar-refractivity contribution in [2.75, 3.05) is 0 Å². The van der Waals surface area contributed by atoms with Crippen molar-refractivity contribution in [3.63, 3.8) is 0 Å². The third kappa shape index (κ3) is 2.33. The Hall–Kier alpha value is -2.51. The molecule has 0 aliphatic carbocycles. The van der Waals surface area contributed by atoms with E-state index in [1.807, 2.05) is 19.1 Å². The predicted molar refractivity (Wildman–Crippen MR) is 93.3 cm³/mol. The normalized spacial score (nSPS) is 11.3. The zero-order valence-electron chi connectivity index (χ0n) is 12.8. The number of hydrogen-bond donors (Lipinski definition) is 0. The third-order valence-corrected chi connectivity index (χ3v) is 5.17. The second kappa shape index (κ2) is 5.54. The summed E-state index contributed by atoms with van der Waals surface area (Å²) in [5.74, 6) is 0.849. The van der Waals surface area contributed by atoms with Gasteiger partial charge in [0, 0.05) is 17.6 Å². The molecule has 3 heterocycles. The molecule has 24 heavy (non-hydrogen) atoms. The summed E-state index contributed by atoms with van der Waals surface area (Å²) in [4.78, 5) is 22.5. The number of nitrogens with zero attached hydrogens (tertiary/aromatic N) is 4. The predicted octanol–water partition coefficient (Wildman–Crippen LogP) is 3.67. The molecule has 0 radical (unpaired) electrons. The summed E-state index contributed by atoms with van der Waals surface area (Å²) >= 11 is 7.26. The smallest absolute Gasteiger partial charge is 0.268 e. The lowest BCUT2D eigenvalue weighted by molar-refractivity contribution is 0.433. The second-order valence-corrected chi connectivity index (χ2v) is 6.76. The standard InChI is InChI=1S/C16H11ClN4O2S/c1-8-11-15(18-7-21(2)16(11)22)24-12(8)14-19-13(20-23-14)9-3-5-10(17)6-4-9/h3-7H,1-2H3. The fourth-order valence-corrected chi connectivity index (χ4v) is 3.63. The van der Waals surface area contributed by atoms with Gasteiger partial charge in [0.1, 0.15) is 4.83 Å². The van der Waals surface area contributed by atoms with E-state index >= 15 is 0 Å². The van der Waals surface area contributed by atoms with Gasteiger partial charge in [-0.25, -0.2) is 4.98 Å². The summed E-state index contributed by atoms with van der Waals surface area (Å²) < 4.78 is 6.85. The molecular weight excluding hydrogens is 348 g/mol. The molecule has 0 amide bonds. The average molecular weight is 359 g/mol. The number of fused-ring (bicyclic) bond motifs is 1. The first-order valence-electron chi connectivity index (χ1n) is 7.09. The van der Waals surface area contributed by atoms with E-state index in [1.165, 1.54) is 22.2 Å². The number of thiophene rings is 1. The van der Waals surface area contributed by atoms with E-state index in [4.69, 9.17) is 16.1 Å². The molecule has 1 aromatic carbocycles. The largest absolute Gasteiger partial charge is 0.333 e. The van der Waals surface area contributed by atoms with E-state index in [0.717, 1.165) is 16.0 Å². The molecule has 0 saturated carbocycles. The molecule has 8 heteroatoms. The fourth-order valence-electron chi connectivity index (χ4n) is 2.44. The molecular formula is C16H11ClN4O2S. The molecule has 0 aliphatic heterocycles. The van der Waals surface area contributed by atoms with Crippen LogP contribution in [0.15, 0.2) is 39.9 Å². The second-order valence-electron chi connectivity index (χ2n) is 5.33. The van der Waals surface area contributed by atoms with Gasteiger partial charge < -0.3 is 9.09 Å². The SMILES string of the molecule is Cc1c(-c2nc(-c3ccc(Cl)cc3)no2)sc2ncn(C)c(=O)c12. The summed E-state index contributed by atoms with van der Waals surface area (Å²) in [6, 6.07) is 7.19. The van der Waals surface area contributed by atoms with Crippen molar-refractivity contribution in [1.82, 2.24) is 19.7 Å². The summed E-state index contributed by atoms with van der Waals surface area (Å²) in [5, 5.41) is 5.25. The number of aromatic nitrogens is 4. The highest BCUT2D eigenvalue weighted by Gasteiger charge is 2.20. The molecule has 0 fully saturated rings. The maximum absolute atomic E-state index is 12.3. The van der Waals surface area contributed by atoms with Gasteiger partial charge in [-0.1, -0.05) is 16.8 Å². The van der Waals surface area contributed by atoms with Crippen LogP contribution in [0.1, 0.15) is 5.56 Å². The molecule has 6 nitrogen and oxygen atoms in total. The van der Waals surface area contributed by atoms with E-state index < -0.39 is 0 Å². The number of rotatable bonds is 2. The maximum atomic E-state index is 12.3. The lowest BCUT2D eigenvalue weighted by Gasteiger charge is -1.95. The minimum absolute atomic E-state index is 0.0857. The minimum atomic E-state index is -0.0857. The van der Waals surface area contributed by atoms with Crippen molar-refractivity contribution < 1.29 is 4.52 Å². The molecule has 0 saturated heterocycles. The van der Waals surface area contributed by atoms with Crippen molar-refractivity contribution in [2.45, 2.75) is 6.92 Å². The first-order chi connectivity index (χ1) is 11.5. The highest BCUT2D eigenvalue weighted by Crippen LogP contribution is 2.35. The van der Waals surface area contributed by atoms with Crippen molar-refractivity contribution in [3.05, 3.63) is 51.5 Å². The van der Waals surface area contributed by atoms with Gasteiger partial charge in [-0.05, 0) is 36.8 Å². The van der Waals surface area contributed by atoms with Crippen LogP contribution in [0.3, 0.4) is 0 Å². The van der Waals surface area contributed by atoms with E-state index in [-0.39, 0.29) is 5.56 Å². The molecule has 3 aromatic heterocycles. The van der Waals surface area contributed by atoms with Gasteiger partial charge in [0.25, 0.3) is 11.4 Å². The summed E-state index contributed by atoms with van der Waals surface area (Å²) in [5.41, 5.74) is 1.52. The Kier molecular flexibility index (Phi) is 3.47. The summed E-state index contributed by atoms with van der Waals surface area (Å²) in [7, 11) is 1.68.